The fourth-order valence-electron chi connectivity index (χ4n) is 8.48. The summed E-state index contributed by atoms with van der Waals surface area (Å²) in [5.41, 5.74) is 1.92. The molecule has 6 nitrogen and oxygen atoms in total. The molecule has 13 aromatic rings. The number of nitrogens with zero attached hydrogens (tertiary/aromatic N) is 6. The van der Waals surface area contributed by atoms with Gasteiger partial charge in [0.1, 0.15) is 0 Å². The van der Waals surface area contributed by atoms with E-state index in [-0.39, 0.29) is 62.9 Å². The average Bonchev–Trinajstić information content (AvgIpc) is 4.13. The van der Waals surface area contributed by atoms with Crippen molar-refractivity contribution in [1.29, 1.82) is 0 Å². The molecule has 270 valence electrons. The summed E-state index contributed by atoms with van der Waals surface area (Å²) in [6.07, 6.45) is 0. The minimum Gasteiger partial charge on any atom is -0.309 e. The Balaban J connectivity index is 1.21. The molecule has 0 unspecified atom stereocenters. The van der Waals surface area contributed by atoms with E-state index in [2.05, 4.69) is 6.07 Å². The zero-order chi connectivity index (χ0) is 48.3. The van der Waals surface area contributed by atoms with Crippen LogP contribution in [0.25, 0.3) is 115 Å². The van der Waals surface area contributed by atoms with Gasteiger partial charge < -0.3 is 4.57 Å². The molecular weight excluding hydrogens is 729 g/mol. The fourth-order valence-corrected chi connectivity index (χ4v) is 9.59. The van der Waals surface area contributed by atoms with Gasteiger partial charge in [-0.2, -0.15) is 15.0 Å². The van der Waals surface area contributed by atoms with Crippen molar-refractivity contribution in [3.63, 3.8) is 0 Å². The number of thiophene rings is 1. The molecule has 13 rings (SSSR count). The van der Waals surface area contributed by atoms with E-state index in [0.29, 0.717) is 22.1 Å². The molecular formula is C51H30N6S. The number of aromatic nitrogens is 6. The quantitative estimate of drug-likeness (QED) is 0.179. The van der Waals surface area contributed by atoms with Crippen LogP contribution >= 0.6 is 11.3 Å². The Morgan fingerprint density at radius 1 is 0.414 bits per heavy atom. The van der Waals surface area contributed by atoms with Crippen molar-refractivity contribution in [2.45, 2.75) is 0 Å². The van der Waals surface area contributed by atoms with Crippen LogP contribution in [0.15, 0.2) is 182 Å². The van der Waals surface area contributed by atoms with E-state index in [1.807, 2.05) is 108 Å². The number of benzene rings is 8. The van der Waals surface area contributed by atoms with Crippen LogP contribution in [0.5, 0.6) is 0 Å². The van der Waals surface area contributed by atoms with E-state index in [4.69, 9.17) is 23.2 Å². The summed E-state index contributed by atoms with van der Waals surface area (Å²) < 4.78 is 117. The molecule has 58 heavy (non-hydrogen) atoms. The largest absolute Gasteiger partial charge is 0.309 e. The number of fused-ring (bicyclic) bond motifs is 13. The lowest BCUT2D eigenvalue weighted by molar-refractivity contribution is 0.892. The third kappa shape index (κ3) is 4.39. The van der Waals surface area contributed by atoms with Gasteiger partial charge in [-0.25, -0.2) is 0 Å². The van der Waals surface area contributed by atoms with E-state index in [1.54, 1.807) is 15.9 Å². The molecule has 0 bridgehead atoms. The summed E-state index contributed by atoms with van der Waals surface area (Å²) in [6.45, 7) is 0. The zero-order valence-electron chi connectivity index (χ0n) is 42.0. The standard InChI is InChI=1S/C51H30N6S/c1-8-23-41-33(16-1)34-17-2-9-24-42(34)56(41)50-52-49(53-51(54-50)57-43-25-10-3-18-35(43)36-19-4-11-26-44(36)57)31-14-13-15-32(30-31)55-40-22-7-5-20-37(40)38-28-29-46-47(48(38)55)39-21-6-12-27-45(39)58-46/h1-30H/i1D,2D,8D,9D,13D,14D,15D,16D,17D,23D,24D,30D. The summed E-state index contributed by atoms with van der Waals surface area (Å²) in [5, 5.41) is 4.84. The Bertz CT molecular complexity index is 4410. The minimum absolute atomic E-state index is 0.00884. The summed E-state index contributed by atoms with van der Waals surface area (Å²) in [5.74, 6) is -0.739. The van der Waals surface area contributed by atoms with Crippen molar-refractivity contribution in [2.75, 3.05) is 0 Å². The van der Waals surface area contributed by atoms with Crippen molar-refractivity contribution >= 4 is 96.9 Å². The van der Waals surface area contributed by atoms with Crippen LogP contribution < -0.4 is 0 Å². The number of rotatable bonds is 4. The lowest BCUT2D eigenvalue weighted by Gasteiger charge is -2.14. The predicted molar refractivity (Wildman–Crippen MR) is 241 cm³/mol. The number of para-hydroxylation sites is 5. The predicted octanol–water partition coefficient (Wildman–Crippen LogP) is 13.2. The molecule has 0 amide bonds. The van der Waals surface area contributed by atoms with Gasteiger partial charge >= 0.3 is 0 Å². The highest BCUT2D eigenvalue weighted by Gasteiger charge is 2.22. The second-order valence-electron chi connectivity index (χ2n) is 13.9. The molecule has 5 aromatic heterocycles. The lowest BCUT2D eigenvalue weighted by Crippen LogP contribution is -2.10. The molecule has 0 fully saturated rings. The first kappa shape index (κ1) is 22.2. The maximum atomic E-state index is 10.2. The van der Waals surface area contributed by atoms with Gasteiger partial charge in [0.25, 0.3) is 0 Å². The maximum Gasteiger partial charge on any atom is 0.240 e. The highest BCUT2D eigenvalue weighted by molar-refractivity contribution is 7.26. The first-order chi connectivity index (χ1) is 33.8. The van der Waals surface area contributed by atoms with Gasteiger partial charge in [0.05, 0.1) is 49.5 Å². The van der Waals surface area contributed by atoms with Crippen molar-refractivity contribution < 1.29 is 16.4 Å². The van der Waals surface area contributed by atoms with Gasteiger partial charge in [0, 0.05) is 63.7 Å². The molecule has 8 aromatic carbocycles. The molecule has 0 aliphatic rings. The Hall–Kier alpha value is -7.61. The van der Waals surface area contributed by atoms with E-state index >= 15 is 0 Å². The van der Waals surface area contributed by atoms with Crippen LogP contribution in [-0.2, 0) is 0 Å². The summed E-state index contributed by atoms with van der Waals surface area (Å²) in [4.78, 5) is 14.9. The Morgan fingerprint density at radius 3 is 1.64 bits per heavy atom. The molecule has 0 saturated heterocycles. The second kappa shape index (κ2) is 11.9. The maximum absolute atomic E-state index is 10.2. The molecule has 0 N–H and O–H groups in total. The van der Waals surface area contributed by atoms with Gasteiger partial charge in [0.2, 0.25) is 11.9 Å². The fraction of sp³-hybridized carbons (Fsp3) is 0. The average molecular weight is 771 g/mol. The van der Waals surface area contributed by atoms with Gasteiger partial charge in [-0.1, -0.05) is 127 Å². The van der Waals surface area contributed by atoms with Crippen molar-refractivity contribution in [3.8, 4) is 29.0 Å². The molecule has 0 aliphatic carbocycles. The van der Waals surface area contributed by atoms with Crippen LogP contribution in [0.4, 0.5) is 0 Å². The minimum atomic E-state index is -0.635. The first-order valence-electron chi connectivity index (χ1n) is 24.5. The molecule has 0 atom stereocenters. The third-order valence-electron chi connectivity index (χ3n) is 10.9. The monoisotopic (exact) mass is 770 g/mol. The molecule has 0 saturated carbocycles. The Labute approximate surface area is 352 Å². The van der Waals surface area contributed by atoms with Crippen molar-refractivity contribution in [3.05, 3.63) is 182 Å². The second-order valence-corrected chi connectivity index (χ2v) is 15.0. The van der Waals surface area contributed by atoms with E-state index < -0.39 is 60.4 Å². The highest BCUT2D eigenvalue weighted by Crippen LogP contribution is 2.43. The van der Waals surface area contributed by atoms with Crippen LogP contribution in [0.2, 0.25) is 0 Å². The smallest absolute Gasteiger partial charge is 0.240 e. The van der Waals surface area contributed by atoms with Gasteiger partial charge in [0.15, 0.2) is 5.82 Å². The van der Waals surface area contributed by atoms with Gasteiger partial charge in [-0.3, -0.25) is 9.13 Å². The van der Waals surface area contributed by atoms with Crippen LogP contribution in [0, 0.1) is 0 Å². The summed E-state index contributed by atoms with van der Waals surface area (Å²) >= 11 is 1.61. The zero-order valence-corrected chi connectivity index (χ0v) is 30.8. The van der Waals surface area contributed by atoms with Crippen LogP contribution in [-0.4, -0.2) is 28.7 Å². The molecule has 0 aliphatic heterocycles. The normalized spacial score (nSPS) is 15.0. The van der Waals surface area contributed by atoms with Crippen LogP contribution in [0.3, 0.4) is 0 Å². The van der Waals surface area contributed by atoms with Gasteiger partial charge in [-0.15, -0.1) is 11.3 Å². The van der Waals surface area contributed by atoms with Gasteiger partial charge in [-0.05, 0) is 54.5 Å². The molecule has 0 spiro atoms. The number of hydrogen-bond acceptors (Lipinski definition) is 4. The first-order valence-corrected chi connectivity index (χ1v) is 19.3. The topological polar surface area (TPSA) is 53.5 Å². The third-order valence-corrected chi connectivity index (χ3v) is 12.0. The van der Waals surface area contributed by atoms with Crippen molar-refractivity contribution in [1.82, 2.24) is 28.7 Å². The Morgan fingerprint density at radius 2 is 0.966 bits per heavy atom. The lowest BCUT2D eigenvalue weighted by atomic mass is 10.1. The SMILES string of the molecule is [2H]c1c([2H])c(-c2nc(-n3c4ccccc4c4ccccc43)nc(-n3c4c([2H])c([2H])c([2H])c([2H])c4c4c([2H])c([2H])c([2H])c([2H])c43)n2)c([2H])c(-n2c3ccccc3c3ccc4sc5ccccc5c4c32)c1[2H]. The van der Waals surface area contributed by atoms with E-state index in [9.17, 15) is 8.22 Å². The highest BCUT2D eigenvalue weighted by atomic mass is 32.1. The van der Waals surface area contributed by atoms with Crippen molar-refractivity contribution in [2.24, 2.45) is 0 Å². The summed E-state index contributed by atoms with van der Waals surface area (Å²) in [6, 6.07) is 28.3. The molecule has 7 heteroatoms. The summed E-state index contributed by atoms with van der Waals surface area (Å²) in [7, 11) is 0. The molecule has 5 heterocycles. The van der Waals surface area contributed by atoms with Crippen LogP contribution in [0.1, 0.15) is 16.4 Å². The molecule has 0 radical (unpaired) electrons. The number of hydrogen-bond donors (Lipinski definition) is 0. The van der Waals surface area contributed by atoms with E-state index in [0.717, 1.165) is 41.7 Å². The Kier molecular flexibility index (Phi) is 4.58. The van der Waals surface area contributed by atoms with E-state index in [1.165, 1.54) is 4.57 Å².